The number of hydrogen-bond acceptors (Lipinski definition) is 5. The minimum atomic E-state index is -4.42. The van der Waals surface area contributed by atoms with E-state index in [1.807, 2.05) is 4.90 Å². The molecular formula is C21H18F4N4OS. The fourth-order valence-electron chi connectivity index (χ4n) is 3.33. The Morgan fingerprint density at radius 3 is 2.52 bits per heavy atom. The van der Waals surface area contributed by atoms with Crippen molar-refractivity contribution in [1.82, 2.24) is 14.9 Å². The fourth-order valence-corrected chi connectivity index (χ4v) is 4.15. The third-order valence-electron chi connectivity index (χ3n) is 4.99. The maximum Gasteiger partial charge on any atom is 0.417 e. The summed E-state index contributed by atoms with van der Waals surface area (Å²) in [5, 5.41) is 2.45. The van der Waals surface area contributed by atoms with E-state index in [1.54, 1.807) is 22.4 Å². The van der Waals surface area contributed by atoms with Crippen molar-refractivity contribution in [2.75, 3.05) is 31.1 Å². The Balaban J connectivity index is 1.33. The Morgan fingerprint density at radius 1 is 1.10 bits per heavy atom. The van der Waals surface area contributed by atoms with Gasteiger partial charge in [-0.05, 0) is 24.3 Å². The van der Waals surface area contributed by atoms with Crippen LogP contribution in [0.4, 0.5) is 23.4 Å². The summed E-state index contributed by atoms with van der Waals surface area (Å²) in [6, 6.07) is 8.51. The Hall–Kier alpha value is -3.01. The van der Waals surface area contributed by atoms with Crippen molar-refractivity contribution in [3.63, 3.8) is 0 Å². The van der Waals surface area contributed by atoms with E-state index in [0.29, 0.717) is 48.3 Å². The van der Waals surface area contributed by atoms with Gasteiger partial charge >= 0.3 is 6.18 Å². The lowest BCUT2D eigenvalue weighted by Crippen LogP contribution is -2.49. The van der Waals surface area contributed by atoms with E-state index < -0.39 is 11.7 Å². The quantitative estimate of drug-likeness (QED) is 0.558. The molecule has 31 heavy (non-hydrogen) atoms. The topological polar surface area (TPSA) is 49.3 Å². The van der Waals surface area contributed by atoms with E-state index in [-0.39, 0.29) is 18.1 Å². The highest BCUT2D eigenvalue weighted by Crippen LogP contribution is 2.29. The zero-order valence-corrected chi connectivity index (χ0v) is 17.1. The average Bonchev–Trinajstić information content (AvgIpc) is 3.22. The van der Waals surface area contributed by atoms with Gasteiger partial charge in [0, 0.05) is 43.3 Å². The van der Waals surface area contributed by atoms with Crippen LogP contribution in [-0.2, 0) is 17.4 Å². The molecule has 0 atom stereocenters. The number of benzene rings is 1. The van der Waals surface area contributed by atoms with Crippen LogP contribution < -0.4 is 4.90 Å². The summed E-state index contributed by atoms with van der Waals surface area (Å²) in [7, 11) is 0. The molecule has 5 nitrogen and oxygen atoms in total. The van der Waals surface area contributed by atoms with Gasteiger partial charge in [-0.1, -0.05) is 12.1 Å². The van der Waals surface area contributed by atoms with E-state index >= 15 is 0 Å². The van der Waals surface area contributed by atoms with Crippen LogP contribution in [0.3, 0.4) is 0 Å². The van der Waals surface area contributed by atoms with Crippen LogP contribution in [0.25, 0.3) is 10.6 Å². The van der Waals surface area contributed by atoms with Crippen LogP contribution in [0.15, 0.2) is 48.0 Å². The van der Waals surface area contributed by atoms with Gasteiger partial charge < -0.3 is 9.80 Å². The summed E-state index contributed by atoms with van der Waals surface area (Å²) in [6.45, 7) is 1.86. The molecule has 0 radical (unpaired) electrons. The third-order valence-corrected chi connectivity index (χ3v) is 5.93. The van der Waals surface area contributed by atoms with Crippen molar-refractivity contribution in [3.8, 4) is 10.6 Å². The van der Waals surface area contributed by atoms with Crippen molar-refractivity contribution >= 4 is 23.1 Å². The van der Waals surface area contributed by atoms with Gasteiger partial charge in [-0.15, -0.1) is 11.3 Å². The van der Waals surface area contributed by atoms with Crippen LogP contribution >= 0.6 is 11.3 Å². The number of alkyl halides is 3. The highest BCUT2D eigenvalue weighted by Gasteiger charge is 2.31. The summed E-state index contributed by atoms with van der Waals surface area (Å²) in [4.78, 5) is 24.6. The second-order valence-electron chi connectivity index (χ2n) is 7.10. The standard InChI is InChI=1S/C21H18F4N4OS/c22-16-3-1-2-14(10-16)20-27-17(13-31-20)11-19(30)29-8-6-28(7-9-29)18-5-4-15(12-26-18)21(23,24)25/h1-5,10,12-13H,6-9,11H2. The molecule has 1 aliphatic heterocycles. The van der Waals surface area contributed by atoms with Gasteiger partial charge in [0.05, 0.1) is 17.7 Å². The molecule has 2 aromatic heterocycles. The lowest BCUT2D eigenvalue weighted by molar-refractivity contribution is -0.137. The molecular weight excluding hydrogens is 432 g/mol. The summed E-state index contributed by atoms with van der Waals surface area (Å²) < 4.78 is 51.4. The number of hydrogen-bond donors (Lipinski definition) is 0. The van der Waals surface area contributed by atoms with Crippen molar-refractivity contribution in [1.29, 1.82) is 0 Å². The van der Waals surface area contributed by atoms with Gasteiger partial charge in [-0.25, -0.2) is 14.4 Å². The van der Waals surface area contributed by atoms with Gasteiger partial charge in [0.25, 0.3) is 0 Å². The smallest absolute Gasteiger partial charge is 0.353 e. The molecule has 1 amide bonds. The monoisotopic (exact) mass is 450 g/mol. The average molecular weight is 450 g/mol. The lowest BCUT2D eigenvalue weighted by Gasteiger charge is -2.35. The van der Waals surface area contributed by atoms with Crippen molar-refractivity contribution < 1.29 is 22.4 Å². The lowest BCUT2D eigenvalue weighted by atomic mass is 10.2. The van der Waals surface area contributed by atoms with Crippen LogP contribution in [0, 0.1) is 5.82 Å². The largest absolute Gasteiger partial charge is 0.417 e. The number of aromatic nitrogens is 2. The molecule has 0 spiro atoms. The van der Waals surface area contributed by atoms with Crippen LogP contribution in [0.2, 0.25) is 0 Å². The van der Waals surface area contributed by atoms with Gasteiger partial charge in [0.15, 0.2) is 0 Å². The molecule has 3 heterocycles. The first-order valence-electron chi connectivity index (χ1n) is 9.56. The van der Waals surface area contributed by atoms with Gasteiger partial charge in [-0.2, -0.15) is 13.2 Å². The van der Waals surface area contributed by atoms with E-state index in [0.717, 1.165) is 12.3 Å². The second kappa shape index (κ2) is 8.62. The number of halogens is 4. The Kier molecular flexibility index (Phi) is 5.90. The SMILES string of the molecule is O=C(Cc1csc(-c2cccc(F)c2)n1)N1CCN(c2ccc(C(F)(F)F)cn2)CC1. The summed E-state index contributed by atoms with van der Waals surface area (Å²) in [5.41, 5.74) is 0.508. The number of carbonyl (C=O) groups is 1. The molecule has 10 heteroatoms. The molecule has 1 fully saturated rings. The number of rotatable bonds is 4. The first-order valence-corrected chi connectivity index (χ1v) is 10.4. The number of amides is 1. The molecule has 0 aliphatic carbocycles. The Morgan fingerprint density at radius 2 is 1.87 bits per heavy atom. The molecule has 4 rings (SSSR count). The summed E-state index contributed by atoms with van der Waals surface area (Å²) >= 11 is 1.36. The normalized spacial score (nSPS) is 14.7. The summed E-state index contributed by atoms with van der Waals surface area (Å²) in [5.74, 6) is 0.0428. The highest BCUT2D eigenvalue weighted by atomic mass is 32.1. The van der Waals surface area contributed by atoms with Gasteiger partial charge in [0.2, 0.25) is 5.91 Å². The third kappa shape index (κ3) is 5.01. The zero-order valence-electron chi connectivity index (χ0n) is 16.3. The minimum absolute atomic E-state index is 0.0730. The molecule has 1 aromatic carbocycles. The maximum absolute atomic E-state index is 13.4. The molecule has 3 aromatic rings. The molecule has 1 aliphatic rings. The number of piperazine rings is 1. The van der Waals surface area contributed by atoms with E-state index in [1.165, 1.54) is 29.5 Å². The Labute approximate surface area is 180 Å². The molecule has 0 bridgehead atoms. The molecule has 162 valence electrons. The first kappa shape index (κ1) is 21.2. The number of carbonyl (C=O) groups excluding carboxylic acids is 1. The molecule has 0 N–H and O–H groups in total. The van der Waals surface area contributed by atoms with Crippen molar-refractivity contribution in [3.05, 3.63) is 65.0 Å². The predicted molar refractivity (Wildman–Crippen MR) is 109 cm³/mol. The minimum Gasteiger partial charge on any atom is -0.353 e. The van der Waals surface area contributed by atoms with Crippen LogP contribution in [-0.4, -0.2) is 47.0 Å². The second-order valence-corrected chi connectivity index (χ2v) is 7.96. The van der Waals surface area contributed by atoms with E-state index in [2.05, 4.69) is 9.97 Å². The fraction of sp³-hybridized carbons (Fsp3) is 0.286. The number of thiazole rings is 1. The van der Waals surface area contributed by atoms with E-state index in [9.17, 15) is 22.4 Å². The van der Waals surface area contributed by atoms with Crippen molar-refractivity contribution in [2.45, 2.75) is 12.6 Å². The zero-order chi connectivity index (χ0) is 22.0. The van der Waals surface area contributed by atoms with Gasteiger partial charge in [0.1, 0.15) is 16.6 Å². The number of pyridine rings is 1. The van der Waals surface area contributed by atoms with Crippen molar-refractivity contribution in [2.24, 2.45) is 0 Å². The maximum atomic E-state index is 13.4. The molecule has 0 saturated carbocycles. The molecule has 1 saturated heterocycles. The van der Waals surface area contributed by atoms with Gasteiger partial charge in [-0.3, -0.25) is 4.79 Å². The highest BCUT2D eigenvalue weighted by molar-refractivity contribution is 7.13. The Bertz CT molecular complexity index is 1060. The molecule has 0 unspecified atom stereocenters. The van der Waals surface area contributed by atoms with E-state index in [4.69, 9.17) is 0 Å². The predicted octanol–water partition coefficient (Wildman–Crippen LogP) is 4.25. The van der Waals surface area contributed by atoms with Crippen LogP contribution in [0.1, 0.15) is 11.3 Å². The first-order chi connectivity index (χ1) is 14.8. The number of nitrogens with zero attached hydrogens (tertiary/aromatic N) is 4. The number of anilines is 1. The van der Waals surface area contributed by atoms with Crippen LogP contribution in [0.5, 0.6) is 0 Å². The summed E-state index contributed by atoms with van der Waals surface area (Å²) in [6.07, 6.45) is -3.45.